The lowest BCUT2D eigenvalue weighted by Gasteiger charge is -2.41. The van der Waals surface area contributed by atoms with Crippen molar-refractivity contribution in [1.29, 1.82) is 0 Å². The Hall–Kier alpha value is -2.52. The largest absolute Gasteiger partial charge is 0.480 e. The summed E-state index contributed by atoms with van der Waals surface area (Å²) in [4.78, 5) is 19.0. The number of nitrogens with zero attached hydrogens (tertiary/aromatic N) is 3. The minimum absolute atomic E-state index is 0.0319. The summed E-state index contributed by atoms with van der Waals surface area (Å²) in [5, 5.41) is 10.5. The lowest BCUT2D eigenvalue weighted by atomic mass is 9.86. The van der Waals surface area contributed by atoms with E-state index in [0.717, 1.165) is 63.2 Å². The van der Waals surface area contributed by atoms with Gasteiger partial charge in [0, 0.05) is 87.5 Å². The molecule has 4 aliphatic rings. The molecule has 1 aliphatic carbocycles. The van der Waals surface area contributed by atoms with Gasteiger partial charge in [-0.3, -0.25) is 14.6 Å². The van der Waals surface area contributed by atoms with Crippen LogP contribution in [0.25, 0.3) is 0 Å². The Bertz CT molecular complexity index is 1310. The number of ether oxygens (including phenoxy) is 1. The van der Waals surface area contributed by atoms with Crippen molar-refractivity contribution in [3.05, 3.63) is 82.0 Å². The van der Waals surface area contributed by atoms with Gasteiger partial charge in [0.2, 0.25) is 0 Å². The van der Waals surface area contributed by atoms with E-state index >= 15 is 4.39 Å². The second-order valence-electron chi connectivity index (χ2n) is 12.4. The molecular weight excluding hydrogens is 560 g/mol. The standard InChI is InChI=1S/C33H40ClF2N3O3/c1-21(28-19-39(26-8-14-42-15-9-26)20-29(28)27-7-6-25(34)18-31(27)36)37-10-12-38(13-11-37)32(33(40)41)17-24-5-4-23(16-30(24)35)22-2-3-22/h4-7,16,18,22,26,28-29,32H,1-3,8-15,17,19-20H2,(H,40,41)/t28-,29-,32-/m0/s1. The number of halogens is 3. The van der Waals surface area contributed by atoms with Gasteiger partial charge < -0.3 is 14.7 Å². The summed E-state index contributed by atoms with van der Waals surface area (Å²) in [7, 11) is 0. The number of carboxylic acid groups (broad SMARTS) is 1. The van der Waals surface area contributed by atoms with E-state index in [1.165, 1.54) is 6.07 Å². The Balaban J connectivity index is 1.13. The van der Waals surface area contributed by atoms with Gasteiger partial charge in [-0.25, -0.2) is 8.78 Å². The first-order valence-electron chi connectivity index (χ1n) is 15.2. The molecular formula is C33H40ClF2N3O3. The van der Waals surface area contributed by atoms with Crippen molar-refractivity contribution < 1.29 is 23.4 Å². The molecule has 6 nitrogen and oxygen atoms in total. The third-order valence-electron chi connectivity index (χ3n) is 9.83. The maximum Gasteiger partial charge on any atom is 0.321 e. The fourth-order valence-corrected chi connectivity index (χ4v) is 7.33. The molecule has 226 valence electrons. The molecule has 3 saturated heterocycles. The number of hydrogen-bond acceptors (Lipinski definition) is 5. The summed E-state index contributed by atoms with van der Waals surface area (Å²) < 4.78 is 35.7. The minimum atomic E-state index is -0.936. The van der Waals surface area contributed by atoms with Crippen LogP contribution in [-0.2, 0) is 16.0 Å². The van der Waals surface area contributed by atoms with Gasteiger partial charge in [-0.1, -0.05) is 36.4 Å². The molecule has 0 bridgehead atoms. The molecule has 42 heavy (non-hydrogen) atoms. The summed E-state index contributed by atoms with van der Waals surface area (Å²) in [6.45, 7) is 9.86. The summed E-state index contributed by atoms with van der Waals surface area (Å²) >= 11 is 6.08. The molecule has 0 unspecified atom stereocenters. The van der Waals surface area contributed by atoms with E-state index in [0.29, 0.717) is 54.3 Å². The highest BCUT2D eigenvalue weighted by Gasteiger charge is 2.42. The molecule has 6 rings (SSSR count). The van der Waals surface area contributed by atoms with E-state index in [9.17, 15) is 14.3 Å². The van der Waals surface area contributed by atoms with Crippen LogP contribution in [0.2, 0.25) is 5.02 Å². The number of rotatable bonds is 9. The lowest BCUT2D eigenvalue weighted by molar-refractivity contribution is -0.144. The Morgan fingerprint density at radius 3 is 2.38 bits per heavy atom. The van der Waals surface area contributed by atoms with Crippen LogP contribution in [0.1, 0.15) is 54.2 Å². The van der Waals surface area contributed by atoms with Crippen LogP contribution in [0, 0.1) is 17.6 Å². The molecule has 9 heteroatoms. The first-order valence-corrected chi connectivity index (χ1v) is 15.6. The van der Waals surface area contributed by atoms with Crippen molar-refractivity contribution in [2.75, 3.05) is 52.5 Å². The van der Waals surface area contributed by atoms with Crippen LogP contribution in [0.15, 0.2) is 48.7 Å². The highest BCUT2D eigenvalue weighted by molar-refractivity contribution is 6.30. The zero-order valence-electron chi connectivity index (χ0n) is 24.0. The number of piperazine rings is 1. The number of benzene rings is 2. The number of aliphatic carboxylic acids is 1. The van der Waals surface area contributed by atoms with Crippen molar-refractivity contribution in [3.8, 4) is 0 Å². The van der Waals surface area contributed by atoms with E-state index in [1.807, 2.05) is 17.0 Å². The molecule has 0 amide bonds. The van der Waals surface area contributed by atoms with Gasteiger partial charge in [-0.05, 0) is 66.5 Å². The Kier molecular flexibility index (Phi) is 8.87. The van der Waals surface area contributed by atoms with E-state index in [1.54, 1.807) is 18.2 Å². The zero-order chi connectivity index (χ0) is 29.4. The van der Waals surface area contributed by atoms with Gasteiger partial charge >= 0.3 is 5.97 Å². The molecule has 0 spiro atoms. The topological polar surface area (TPSA) is 56.2 Å². The van der Waals surface area contributed by atoms with Crippen molar-refractivity contribution in [2.24, 2.45) is 5.92 Å². The molecule has 0 aromatic heterocycles. The Labute approximate surface area is 251 Å². The van der Waals surface area contributed by atoms with Crippen LogP contribution in [0.3, 0.4) is 0 Å². The Morgan fingerprint density at radius 2 is 1.74 bits per heavy atom. The number of likely N-dealkylation sites (tertiary alicyclic amines) is 1. The summed E-state index contributed by atoms with van der Waals surface area (Å²) in [5.41, 5.74) is 3.09. The quantitative estimate of drug-likeness (QED) is 0.410. The van der Waals surface area contributed by atoms with Crippen molar-refractivity contribution >= 4 is 17.6 Å². The number of carboxylic acids is 1. The maximum absolute atomic E-state index is 15.2. The van der Waals surface area contributed by atoms with Crippen molar-refractivity contribution in [1.82, 2.24) is 14.7 Å². The van der Waals surface area contributed by atoms with Crippen LogP contribution < -0.4 is 0 Å². The highest BCUT2D eigenvalue weighted by atomic mass is 35.5. The van der Waals surface area contributed by atoms with Crippen LogP contribution >= 0.6 is 11.6 Å². The maximum atomic E-state index is 15.2. The molecule has 2 aromatic rings. The fourth-order valence-electron chi connectivity index (χ4n) is 7.17. The summed E-state index contributed by atoms with van der Waals surface area (Å²) in [5.74, 6) is -1.11. The SMILES string of the molecule is C=C([C@@H]1CN(C2CCOCC2)C[C@H]1c1ccc(Cl)cc1F)N1CCN([C@@H](Cc2ccc(C3CC3)cc2F)C(=O)O)CC1. The van der Waals surface area contributed by atoms with Crippen LogP contribution in [-0.4, -0.2) is 90.3 Å². The molecule has 4 fully saturated rings. The smallest absolute Gasteiger partial charge is 0.321 e. The average molecular weight is 600 g/mol. The van der Waals surface area contributed by atoms with Crippen molar-refractivity contribution in [2.45, 2.75) is 56.0 Å². The molecule has 3 heterocycles. The number of carbonyl (C=O) groups is 1. The molecule has 1 N–H and O–H groups in total. The second-order valence-corrected chi connectivity index (χ2v) is 12.8. The van der Waals surface area contributed by atoms with Crippen molar-refractivity contribution in [3.63, 3.8) is 0 Å². The average Bonchev–Trinajstić information content (AvgIpc) is 3.75. The second kappa shape index (κ2) is 12.6. The summed E-state index contributed by atoms with van der Waals surface area (Å²) in [6, 6.07) is 9.85. The summed E-state index contributed by atoms with van der Waals surface area (Å²) in [6.07, 6.45) is 4.25. The van der Waals surface area contributed by atoms with E-state index in [-0.39, 0.29) is 29.9 Å². The van der Waals surface area contributed by atoms with E-state index in [4.69, 9.17) is 16.3 Å². The molecule has 3 atom stereocenters. The van der Waals surface area contributed by atoms with Gasteiger partial charge in [0.1, 0.15) is 17.7 Å². The monoisotopic (exact) mass is 599 g/mol. The van der Waals surface area contributed by atoms with E-state index in [2.05, 4.69) is 16.4 Å². The third-order valence-corrected chi connectivity index (χ3v) is 10.1. The van der Waals surface area contributed by atoms with Crippen LogP contribution in [0.4, 0.5) is 8.78 Å². The van der Waals surface area contributed by atoms with Gasteiger partial charge in [-0.2, -0.15) is 0 Å². The first-order chi connectivity index (χ1) is 20.3. The molecule has 1 saturated carbocycles. The van der Waals surface area contributed by atoms with Crippen LogP contribution in [0.5, 0.6) is 0 Å². The fraction of sp³-hybridized carbons (Fsp3) is 0.545. The molecule has 0 radical (unpaired) electrons. The predicted molar refractivity (Wildman–Crippen MR) is 159 cm³/mol. The first kappa shape index (κ1) is 29.5. The normalized spacial score (nSPS) is 25.1. The zero-order valence-corrected chi connectivity index (χ0v) is 24.7. The van der Waals surface area contributed by atoms with Gasteiger partial charge in [0.15, 0.2) is 0 Å². The van der Waals surface area contributed by atoms with Gasteiger partial charge in [0.05, 0.1) is 0 Å². The lowest BCUT2D eigenvalue weighted by Crippen LogP contribution is -2.53. The predicted octanol–water partition coefficient (Wildman–Crippen LogP) is 5.52. The Morgan fingerprint density at radius 1 is 1.00 bits per heavy atom. The number of hydrogen-bond donors (Lipinski definition) is 1. The highest BCUT2D eigenvalue weighted by Crippen LogP contribution is 2.42. The van der Waals surface area contributed by atoms with E-state index < -0.39 is 12.0 Å². The minimum Gasteiger partial charge on any atom is -0.480 e. The molecule has 2 aromatic carbocycles. The third kappa shape index (κ3) is 6.37. The van der Waals surface area contributed by atoms with Gasteiger partial charge in [-0.15, -0.1) is 0 Å². The van der Waals surface area contributed by atoms with Gasteiger partial charge in [0.25, 0.3) is 0 Å². The molecule has 3 aliphatic heterocycles.